The highest BCUT2D eigenvalue weighted by atomic mass is 16.5. The molecular formula is C49H72N4O6. The molecule has 0 aliphatic heterocycles. The number of Topliss-reactive ketones (excluding diaryl/α,β-unsaturated/α-hetero) is 1. The normalized spacial score (nSPS) is 34.0. The van der Waals surface area contributed by atoms with E-state index in [4.69, 9.17) is 19.7 Å². The Labute approximate surface area is 353 Å². The second kappa shape index (κ2) is 15.1. The number of nitrogens with zero attached hydrogens (tertiary/aromatic N) is 4. The molecule has 2 aromatic rings. The van der Waals surface area contributed by atoms with Crippen molar-refractivity contribution in [3.05, 3.63) is 41.2 Å². The molecule has 8 atom stereocenters. The number of rotatable bonds is 12. The number of carbonyl (C=O) groups excluding carboxylic acids is 2. The first kappa shape index (κ1) is 43.6. The summed E-state index contributed by atoms with van der Waals surface area (Å²) in [5, 5.41) is 19.5. The van der Waals surface area contributed by atoms with E-state index in [2.05, 4.69) is 84.2 Å². The Morgan fingerprint density at radius 1 is 0.932 bits per heavy atom. The fraction of sp³-hybridized carbons (Fsp3) is 0.735. The third kappa shape index (κ3) is 6.99. The molecule has 1 aromatic heterocycles. The van der Waals surface area contributed by atoms with Crippen LogP contribution in [0.15, 0.2) is 35.4 Å². The molecule has 0 saturated heterocycles. The summed E-state index contributed by atoms with van der Waals surface area (Å²) in [7, 11) is 5.88. The number of esters is 1. The van der Waals surface area contributed by atoms with E-state index >= 15 is 0 Å². The zero-order chi connectivity index (χ0) is 43.1. The molecule has 1 N–H and O–H groups in total. The van der Waals surface area contributed by atoms with Crippen molar-refractivity contribution < 1.29 is 29.0 Å². The summed E-state index contributed by atoms with van der Waals surface area (Å²) >= 11 is 0. The van der Waals surface area contributed by atoms with Gasteiger partial charge in [0.05, 0.1) is 18.9 Å². The third-order valence-corrected chi connectivity index (χ3v) is 17.4. The smallest absolute Gasteiger partial charge is 0.309 e. The van der Waals surface area contributed by atoms with Crippen LogP contribution in [0.5, 0.6) is 5.75 Å². The van der Waals surface area contributed by atoms with Crippen LogP contribution in [0.3, 0.4) is 0 Å². The van der Waals surface area contributed by atoms with Crippen LogP contribution in [-0.4, -0.2) is 76.3 Å². The van der Waals surface area contributed by atoms with E-state index in [1.165, 1.54) is 5.57 Å². The van der Waals surface area contributed by atoms with Crippen LogP contribution in [0.2, 0.25) is 0 Å². The lowest BCUT2D eigenvalue weighted by molar-refractivity contribution is -0.233. The van der Waals surface area contributed by atoms with E-state index < -0.39 is 17.4 Å². The molecule has 5 aliphatic carbocycles. The number of aliphatic carboxylic acids is 1. The minimum atomic E-state index is -1.17. The van der Waals surface area contributed by atoms with Gasteiger partial charge in [-0.1, -0.05) is 54.0 Å². The number of hydrogen-bond acceptors (Lipinski definition) is 8. The lowest BCUT2D eigenvalue weighted by Gasteiger charge is -2.72. The van der Waals surface area contributed by atoms with Crippen LogP contribution >= 0.6 is 0 Å². The van der Waals surface area contributed by atoms with Gasteiger partial charge in [-0.3, -0.25) is 14.4 Å². The maximum absolute atomic E-state index is 14.4. The van der Waals surface area contributed by atoms with Gasteiger partial charge in [0.2, 0.25) is 0 Å². The van der Waals surface area contributed by atoms with Gasteiger partial charge in [-0.25, -0.2) is 0 Å². The number of likely N-dealkylation sites (N-methyl/N-ethyl adjacent to an activating group) is 1. The molecule has 4 fully saturated rings. The predicted molar refractivity (Wildman–Crippen MR) is 230 cm³/mol. The Morgan fingerprint density at radius 2 is 1.63 bits per heavy atom. The molecule has 1 heterocycles. The highest BCUT2D eigenvalue weighted by Gasteiger charge is 2.70. The average molecular weight is 813 g/mol. The first-order valence-electron chi connectivity index (χ1n) is 22.5. The van der Waals surface area contributed by atoms with E-state index in [1.807, 2.05) is 12.1 Å². The number of carboxylic acid groups (broad SMARTS) is 1. The lowest BCUT2D eigenvalue weighted by Crippen LogP contribution is -2.65. The van der Waals surface area contributed by atoms with E-state index in [0.717, 1.165) is 93.0 Å². The zero-order valence-corrected chi connectivity index (χ0v) is 38.2. The molecule has 4 saturated carbocycles. The van der Waals surface area contributed by atoms with Crippen molar-refractivity contribution in [3.63, 3.8) is 0 Å². The zero-order valence-electron chi connectivity index (χ0n) is 38.2. The maximum Gasteiger partial charge on any atom is 0.309 e. The second-order valence-corrected chi connectivity index (χ2v) is 22.0. The van der Waals surface area contributed by atoms with Gasteiger partial charge in [0.15, 0.2) is 11.6 Å². The minimum absolute atomic E-state index is 0.0240. The predicted octanol–water partition coefficient (Wildman–Crippen LogP) is 9.45. The van der Waals surface area contributed by atoms with Crippen LogP contribution < -0.4 is 4.74 Å². The summed E-state index contributed by atoms with van der Waals surface area (Å²) in [6.07, 6.45) is 9.10. The molecule has 10 heteroatoms. The Balaban J connectivity index is 1.20. The summed E-state index contributed by atoms with van der Waals surface area (Å²) in [4.78, 5) is 41.7. The molecule has 5 aliphatic rings. The summed E-state index contributed by atoms with van der Waals surface area (Å²) in [6, 6.07) is 8.07. The monoisotopic (exact) mass is 813 g/mol. The van der Waals surface area contributed by atoms with Crippen molar-refractivity contribution in [2.24, 2.45) is 56.2 Å². The van der Waals surface area contributed by atoms with Crippen LogP contribution in [0, 0.1) is 56.2 Å². The van der Waals surface area contributed by atoms with Crippen LogP contribution in [-0.2, 0) is 32.1 Å². The lowest BCUT2D eigenvalue weighted by atomic mass is 9.33. The summed E-state index contributed by atoms with van der Waals surface area (Å²) < 4.78 is 14.0. The van der Waals surface area contributed by atoms with Crippen LogP contribution in [0.4, 0.5) is 0 Å². The van der Waals surface area contributed by atoms with Crippen molar-refractivity contribution >= 4 is 17.7 Å². The molecule has 324 valence electrons. The summed E-state index contributed by atoms with van der Waals surface area (Å²) in [5.41, 5.74) is 2.04. The Hall–Kier alpha value is -3.53. The van der Waals surface area contributed by atoms with E-state index in [0.29, 0.717) is 36.4 Å². The molecule has 59 heavy (non-hydrogen) atoms. The fourth-order valence-corrected chi connectivity index (χ4v) is 14.0. The number of hydrogen-bond donors (Lipinski definition) is 1. The number of allylic oxidation sites excluding steroid dienone is 2. The van der Waals surface area contributed by atoms with Gasteiger partial charge >= 0.3 is 11.9 Å². The SMILES string of the molecule is COc1ccc(-c2nnc(C[C@@]34CC[C@]5(C)[C@H](CCC6[C@@]7(C)CC[C@H](OC(=O)CC(C)(C)C(=O)O)C(C)(C)C7CC[C@]65C)C3=C(C(C)C)C(=O)C4)n2CCN(C)C)cc1. The molecule has 0 spiro atoms. The van der Waals surface area contributed by atoms with Crippen molar-refractivity contribution in [1.82, 2.24) is 19.7 Å². The van der Waals surface area contributed by atoms with Crippen molar-refractivity contribution in [2.75, 3.05) is 27.7 Å². The molecule has 1 aromatic carbocycles. The van der Waals surface area contributed by atoms with Crippen LogP contribution in [0.1, 0.15) is 132 Å². The number of carbonyl (C=O) groups is 3. The molecule has 0 amide bonds. The van der Waals surface area contributed by atoms with Gasteiger partial charge in [-0.15, -0.1) is 10.2 Å². The Morgan fingerprint density at radius 3 is 2.25 bits per heavy atom. The molecule has 0 radical (unpaired) electrons. The molecular weight excluding hydrogens is 741 g/mol. The number of aromatic nitrogens is 3. The average Bonchev–Trinajstić information content (AvgIpc) is 3.69. The standard InChI is InChI=1S/C49H72N4O6/c1-30(2)40-34(54)27-49(28-38-50-51-42(53(38)26-25-52(10)11)31-13-15-32(58-12)16-14-31)24-23-47(8)33(41(40)49)17-18-36-46(7)21-20-37(59-39(55)29-44(3,4)43(56)57)45(5,6)35(46)19-22-48(36,47)9/h13-16,30,33,35-37H,17-29H2,1-12H3,(H,56,57)/t33-,35?,36?,37+,46+,47-,48-,49+/m1/s1. The Bertz CT molecular complexity index is 2000. The highest BCUT2D eigenvalue weighted by molar-refractivity contribution is 6.00. The van der Waals surface area contributed by atoms with Gasteiger partial charge in [0.25, 0.3) is 0 Å². The molecule has 2 unspecified atom stereocenters. The van der Waals surface area contributed by atoms with E-state index in [1.54, 1.807) is 21.0 Å². The number of ketones is 1. The number of ether oxygens (including phenoxy) is 2. The largest absolute Gasteiger partial charge is 0.497 e. The van der Waals surface area contributed by atoms with Crippen molar-refractivity contribution in [3.8, 4) is 17.1 Å². The van der Waals surface area contributed by atoms with Gasteiger partial charge in [0, 0.05) is 42.3 Å². The number of benzene rings is 1. The first-order valence-corrected chi connectivity index (χ1v) is 22.5. The number of carboxylic acids is 1. The first-order chi connectivity index (χ1) is 27.5. The van der Waals surface area contributed by atoms with Gasteiger partial charge in [-0.2, -0.15) is 0 Å². The number of methoxy groups -OCH3 is 1. The van der Waals surface area contributed by atoms with Gasteiger partial charge in [-0.05, 0) is 149 Å². The topological polar surface area (TPSA) is 124 Å². The number of fused-ring (bicyclic) bond motifs is 7. The third-order valence-electron chi connectivity index (χ3n) is 17.4. The Kier molecular flexibility index (Phi) is 11.2. The quantitative estimate of drug-likeness (QED) is 0.209. The molecule has 10 nitrogen and oxygen atoms in total. The van der Waals surface area contributed by atoms with Gasteiger partial charge in [0.1, 0.15) is 17.7 Å². The fourth-order valence-electron chi connectivity index (χ4n) is 14.0. The van der Waals surface area contributed by atoms with E-state index in [9.17, 15) is 19.5 Å². The maximum atomic E-state index is 14.4. The van der Waals surface area contributed by atoms with Crippen molar-refractivity contribution in [1.29, 1.82) is 0 Å². The van der Waals surface area contributed by atoms with Crippen LogP contribution in [0.25, 0.3) is 11.4 Å². The molecule has 0 bridgehead atoms. The highest BCUT2D eigenvalue weighted by Crippen LogP contribution is 2.77. The molecule has 7 rings (SSSR count). The second-order valence-electron chi connectivity index (χ2n) is 22.0. The van der Waals surface area contributed by atoms with Gasteiger partial charge < -0.3 is 24.0 Å². The summed E-state index contributed by atoms with van der Waals surface area (Å²) in [5.74, 6) is 2.93. The summed E-state index contributed by atoms with van der Waals surface area (Å²) in [6.45, 7) is 21.6. The van der Waals surface area contributed by atoms with Crippen molar-refractivity contribution in [2.45, 2.75) is 146 Å². The minimum Gasteiger partial charge on any atom is -0.497 e. The van der Waals surface area contributed by atoms with E-state index in [-0.39, 0.29) is 45.5 Å².